The molecule has 1 amide bonds. The monoisotopic (exact) mass is 398 g/mol. The molecule has 0 aromatic heterocycles. The van der Waals surface area contributed by atoms with Crippen molar-refractivity contribution < 1.29 is 21.6 Å². The first-order valence-corrected chi connectivity index (χ1v) is 9.96. The quantitative estimate of drug-likeness (QED) is 0.774. The summed E-state index contributed by atoms with van der Waals surface area (Å²) in [5.41, 5.74) is 0.600. The molecule has 0 bridgehead atoms. The van der Waals surface area contributed by atoms with Crippen LogP contribution in [-0.2, 0) is 24.7 Å². The highest BCUT2D eigenvalue weighted by Gasteiger charge is 2.24. The molecule has 1 rings (SSSR count). The van der Waals surface area contributed by atoms with Gasteiger partial charge in [0.25, 0.3) is 0 Å². The van der Waals surface area contributed by atoms with E-state index >= 15 is 0 Å². The Bertz CT molecular complexity index is 787. The zero-order valence-corrected chi connectivity index (χ0v) is 14.8. The van der Waals surface area contributed by atoms with Gasteiger partial charge in [0.15, 0.2) is 9.84 Å². The molecule has 21 heavy (non-hydrogen) atoms. The second kappa shape index (κ2) is 6.03. The Morgan fingerprint density at radius 2 is 1.81 bits per heavy atom. The number of hydrogen-bond acceptors (Lipinski definition) is 5. The number of sulfonamides is 1. The molecule has 3 N–H and O–H groups in total. The van der Waals surface area contributed by atoms with Crippen LogP contribution in [0.3, 0.4) is 0 Å². The molecule has 1 unspecified atom stereocenters. The molecule has 7 nitrogen and oxygen atoms in total. The largest absolute Gasteiger partial charge is 0.324 e. The highest BCUT2D eigenvalue weighted by molar-refractivity contribution is 9.10. The molecular weight excluding hydrogens is 384 g/mol. The van der Waals surface area contributed by atoms with Crippen LogP contribution in [0.1, 0.15) is 12.5 Å². The summed E-state index contributed by atoms with van der Waals surface area (Å²) in [6.45, 7) is 2.78. The van der Waals surface area contributed by atoms with Gasteiger partial charge in [-0.05, 0) is 47.5 Å². The minimum atomic E-state index is -3.88. The van der Waals surface area contributed by atoms with E-state index in [1.165, 1.54) is 26.0 Å². The van der Waals surface area contributed by atoms with E-state index in [0.717, 1.165) is 6.26 Å². The van der Waals surface area contributed by atoms with Crippen LogP contribution < -0.4 is 10.5 Å². The van der Waals surface area contributed by atoms with Gasteiger partial charge in [-0.1, -0.05) is 0 Å². The number of halogens is 1. The van der Waals surface area contributed by atoms with E-state index in [2.05, 4.69) is 21.2 Å². The van der Waals surface area contributed by atoms with Crippen molar-refractivity contribution in [2.24, 2.45) is 5.14 Å². The Balaban J connectivity index is 3.18. The van der Waals surface area contributed by atoms with Crippen LogP contribution in [0.5, 0.6) is 0 Å². The maximum absolute atomic E-state index is 11.9. The number of carbonyl (C=O) groups excluding carboxylic acids is 1. The highest BCUT2D eigenvalue weighted by Crippen LogP contribution is 2.28. The lowest BCUT2D eigenvalue weighted by molar-refractivity contribution is -0.115. The molecule has 10 heteroatoms. The molecule has 0 saturated carbocycles. The predicted molar refractivity (Wildman–Crippen MR) is 83.2 cm³/mol. The van der Waals surface area contributed by atoms with Crippen LogP contribution in [0.25, 0.3) is 0 Å². The van der Waals surface area contributed by atoms with E-state index in [0.29, 0.717) is 5.56 Å². The summed E-state index contributed by atoms with van der Waals surface area (Å²) < 4.78 is 45.7. The Morgan fingerprint density at radius 3 is 2.24 bits per heavy atom. The minimum absolute atomic E-state index is 0.0801. The molecule has 0 aliphatic heterocycles. The Hall–Kier alpha value is -0.970. The number of rotatable bonds is 4. The van der Waals surface area contributed by atoms with Crippen molar-refractivity contribution >= 4 is 47.4 Å². The molecule has 0 aliphatic rings. The smallest absolute Gasteiger partial charge is 0.242 e. The molecule has 0 spiro atoms. The number of primary sulfonamides is 1. The van der Waals surface area contributed by atoms with Gasteiger partial charge in [0, 0.05) is 10.7 Å². The number of carbonyl (C=O) groups is 1. The topological polar surface area (TPSA) is 123 Å². The number of benzene rings is 1. The average molecular weight is 399 g/mol. The number of aryl methyl sites for hydroxylation is 1. The van der Waals surface area contributed by atoms with E-state index in [1.807, 2.05) is 0 Å². The fourth-order valence-electron chi connectivity index (χ4n) is 1.49. The predicted octanol–water partition coefficient (Wildman–Crippen LogP) is 0.777. The van der Waals surface area contributed by atoms with Gasteiger partial charge in [0.1, 0.15) is 5.25 Å². The summed E-state index contributed by atoms with van der Waals surface area (Å²) in [6, 6.07) is 2.65. The lowest BCUT2D eigenvalue weighted by Crippen LogP contribution is -2.32. The van der Waals surface area contributed by atoms with Crippen molar-refractivity contribution in [3.05, 3.63) is 22.2 Å². The van der Waals surface area contributed by atoms with Crippen molar-refractivity contribution in [3.63, 3.8) is 0 Å². The molecule has 1 atom stereocenters. The molecule has 0 radical (unpaired) electrons. The van der Waals surface area contributed by atoms with Gasteiger partial charge in [0.05, 0.1) is 10.6 Å². The van der Waals surface area contributed by atoms with E-state index in [9.17, 15) is 21.6 Å². The van der Waals surface area contributed by atoms with Crippen LogP contribution in [0.2, 0.25) is 0 Å². The highest BCUT2D eigenvalue weighted by atomic mass is 79.9. The first-order valence-electron chi connectivity index (χ1n) is 5.66. The van der Waals surface area contributed by atoms with Gasteiger partial charge in [-0.2, -0.15) is 0 Å². The number of anilines is 1. The van der Waals surface area contributed by atoms with Crippen LogP contribution in [0.4, 0.5) is 5.69 Å². The lowest BCUT2D eigenvalue weighted by Gasteiger charge is -2.14. The van der Waals surface area contributed by atoms with Gasteiger partial charge in [-0.15, -0.1) is 0 Å². The summed E-state index contributed by atoms with van der Waals surface area (Å²) >= 11 is 3.12. The molecule has 0 heterocycles. The summed E-state index contributed by atoms with van der Waals surface area (Å²) in [6.07, 6.45) is 0.960. The van der Waals surface area contributed by atoms with Crippen molar-refractivity contribution in [1.29, 1.82) is 0 Å². The summed E-state index contributed by atoms with van der Waals surface area (Å²) in [4.78, 5) is 11.8. The molecule has 1 aromatic rings. The number of sulfone groups is 1. The zero-order chi connectivity index (χ0) is 16.6. The number of hydrogen-bond donors (Lipinski definition) is 2. The second-order valence-electron chi connectivity index (χ2n) is 4.60. The summed E-state index contributed by atoms with van der Waals surface area (Å²) in [5.74, 6) is -0.707. The Labute approximate surface area is 132 Å². The van der Waals surface area contributed by atoms with E-state index in [4.69, 9.17) is 5.14 Å². The van der Waals surface area contributed by atoms with Crippen LogP contribution in [-0.4, -0.2) is 34.2 Å². The van der Waals surface area contributed by atoms with Gasteiger partial charge in [-0.25, -0.2) is 22.0 Å². The third-order valence-corrected chi connectivity index (χ3v) is 6.05. The average Bonchev–Trinajstić information content (AvgIpc) is 2.29. The normalized spacial score (nSPS) is 13.8. The molecule has 118 valence electrons. The van der Waals surface area contributed by atoms with E-state index in [-0.39, 0.29) is 15.1 Å². The maximum Gasteiger partial charge on any atom is 0.242 e. The number of nitrogens with two attached hydrogens (primary N) is 1. The SMILES string of the molecule is Cc1cc(NC(=O)C(C)S(C)(=O)=O)c(Br)cc1S(N)(=O)=O. The van der Waals surface area contributed by atoms with Crippen molar-refractivity contribution in [2.45, 2.75) is 24.0 Å². The Kier molecular flexibility index (Phi) is 5.19. The van der Waals surface area contributed by atoms with Crippen LogP contribution in [0, 0.1) is 6.92 Å². The maximum atomic E-state index is 11.9. The van der Waals surface area contributed by atoms with Crippen molar-refractivity contribution in [1.82, 2.24) is 0 Å². The number of nitrogens with one attached hydrogen (secondary N) is 1. The summed E-state index contributed by atoms with van der Waals surface area (Å²) in [5, 5.41) is 6.28. The molecule has 0 aliphatic carbocycles. The van der Waals surface area contributed by atoms with Gasteiger partial charge >= 0.3 is 0 Å². The van der Waals surface area contributed by atoms with E-state index in [1.54, 1.807) is 0 Å². The van der Waals surface area contributed by atoms with E-state index < -0.39 is 31.0 Å². The Morgan fingerprint density at radius 1 is 1.29 bits per heavy atom. The fraction of sp³-hybridized carbons (Fsp3) is 0.364. The molecule has 1 aromatic carbocycles. The standard InChI is InChI=1S/C11H15BrN2O5S2/c1-6-4-9(8(12)5-10(6)21(13,18)19)14-11(15)7(2)20(3,16)17/h4-5,7H,1-3H3,(H,14,15)(H2,13,18,19). The molecule has 0 fully saturated rings. The lowest BCUT2D eigenvalue weighted by atomic mass is 10.2. The first kappa shape index (κ1) is 18.1. The minimum Gasteiger partial charge on any atom is -0.324 e. The van der Waals surface area contributed by atoms with Crippen LogP contribution >= 0.6 is 15.9 Å². The fourth-order valence-corrected chi connectivity index (χ4v) is 3.33. The van der Waals surface area contributed by atoms with Crippen molar-refractivity contribution in [3.8, 4) is 0 Å². The first-order chi connectivity index (χ1) is 9.34. The van der Waals surface area contributed by atoms with Crippen LogP contribution in [0.15, 0.2) is 21.5 Å². The third kappa shape index (κ3) is 4.50. The van der Waals surface area contributed by atoms with Gasteiger partial charge in [-0.3, -0.25) is 4.79 Å². The van der Waals surface area contributed by atoms with Crippen molar-refractivity contribution in [2.75, 3.05) is 11.6 Å². The van der Waals surface area contributed by atoms with Gasteiger partial charge in [0.2, 0.25) is 15.9 Å². The number of amides is 1. The third-order valence-electron chi connectivity index (χ3n) is 2.84. The second-order valence-corrected chi connectivity index (χ2v) is 9.35. The molecular formula is C11H15BrN2O5S2. The summed E-state index contributed by atoms with van der Waals surface area (Å²) in [7, 11) is -7.40. The zero-order valence-electron chi connectivity index (χ0n) is 11.5. The molecule has 0 saturated heterocycles. The van der Waals surface area contributed by atoms with Gasteiger partial charge < -0.3 is 5.32 Å².